The second-order valence-corrected chi connectivity index (χ2v) is 7.51. The summed E-state index contributed by atoms with van der Waals surface area (Å²) in [7, 11) is 0. The molecule has 0 radical (unpaired) electrons. The molecule has 1 aliphatic carbocycles. The zero-order valence-electron chi connectivity index (χ0n) is 13.1. The molecule has 2 atom stereocenters. The third-order valence-electron chi connectivity index (χ3n) is 5.42. The molecule has 2 amide bonds. The maximum absolute atomic E-state index is 13.0. The van der Waals surface area contributed by atoms with E-state index < -0.39 is 0 Å². The van der Waals surface area contributed by atoms with Gasteiger partial charge in [0.25, 0.3) is 0 Å². The van der Waals surface area contributed by atoms with E-state index in [4.69, 9.17) is 0 Å². The summed E-state index contributed by atoms with van der Waals surface area (Å²) in [4.78, 5) is 29.6. The molecule has 2 heterocycles. The largest absolute Gasteiger partial charge is 0.329 e. The Morgan fingerprint density at radius 1 is 1.10 bits per heavy atom. The standard InChI is InChI=1S/C16H26N2O2/c1-10(2)13-15(20)17-9-5-6-12(17)14(19)18(13)16(3,4)11-7-8-11/h10-13H,5-9H2,1-4H3. The molecular weight excluding hydrogens is 252 g/mol. The number of carbonyl (C=O) groups is 2. The van der Waals surface area contributed by atoms with Gasteiger partial charge in [0.05, 0.1) is 0 Å². The van der Waals surface area contributed by atoms with Crippen molar-refractivity contribution in [3.05, 3.63) is 0 Å². The second-order valence-electron chi connectivity index (χ2n) is 7.51. The predicted molar refractivity (Wildman–Crippen MR) is 77.0 cm³/mol. The summed E-state index contributed by atoms with van der Waals surface area (Å²) in [6, 6.07) is -0.456. The van der Waals surface area contributed by atoms with Crippen molar-refractivity contribution in [3.8, 4) is 0 Å². The van der Waals surface area contributed by atoms with Crippen molar-refractivity contribution in [3.63, 3.8) is 0 Å². The smallest absolute Gasteiger partial charge is 0.246 e. The van der Waals surface area contributed by atoms with Gasteiger partial charge in [0.15, 0.2) is 0 Å². The van der Waals surface area contributed by atoms with Gasteiger partial charge in [-0.1, -0.05) is 13.8 Å². The Morgan fingerprint density at radius 3 is 2.30 bits per heavy atom. The highest BCUT2D eigenvalue weighted by molar-refractivity contribution is 5.98. The molecule has 0 bridgehead atoms. The van der Waals surface area contributed by atoms with E-state index in [1.54, 1.807) is 0 Å². The Labute approximate surface area is 121 Å². The monoisotopic (exact) mass is 278 g/mol. The lowest BCUT2D eigenvalue weighted by atomic mass is 9.86. The van der Waals surface area contributed by atoms with Gasteiger partial charge >= 0.3 is 0 Å². The third kappa shape index (κ3) is 1.87. The van der Waals surface area contributed by atoms with Crippen LogP contribution in [0.25, 0.3) is 0 Å². The summed E-state index contributed by atoms with van der Waals surface area (Å²) in [6.07, 6.45) is 4.17. The SMILES string of the molecule is CC(C)C1C(=O)N2CCCC2C(=O)N1C(C)(C)C1CC1. The van der Waals surface area contributed by atoms with Crippen molar-refractivity contribution in [1.82, 2.24) is 9.80 Å². The highest BCUT2D eigenvalue weighted by Crippen LogP contribution is 2.46. The van der Waals surface area contributed by atoms with E-state index >= 15 is 0 Å². The van der Waals surface area contributed by atoms with Gasteiger partial charge < -0.3 is 9.80 Å². The maximum Gasteiger partial charge on any atom is 0.246 e. The van der Waals surface area contributed by atoms with Gasteiger partial charge in [-0.05, 0) is 51.4 Å². The Hall–Kier alpha value is -1.06. The number of hydrogen-bond donors (Lipinski definition) is 0. The topological polar surface area (TPSA) is 40.6 Å². The van der Waals surface area contributed by atoms with Gasteiger partial charge in [0.1, 0.15) is 12.1 Å². The van der Waals surface area contributed by atoms with Crippen LogP contribution >= 0.6 is 0 Å². The van der Waals surface area contributed by atoms with E-state index in [0.29, 0.717) is 5.92 Å². The summed E-state index contributed by atoms with van der Waals surface area (Å²) in [5.74, 6) is 1.10. The van der Waals surface area contributed by atoms with Gasteiger partial charge in [-0.2, -0.15) is 0 Å². The van der Waals surface area contributed by atoms with Crippen LogP contribution in [0.4, 0.5) is 0 Å². The highest BCUT2D eigenvalue weighted by Gasteiger charge is 2.55. The first-order valence-electron chi connectivity index (χ1n) is 7.99. The molecule has 1 saturated carbocycles. The third-order valence-corrected chi connectivity index (χ3v) is 5.42. The fourth-order valence-corrected chi connectivity index (χ4v) is 4.08. The summed E-state index contributed by atoms with van der Waals surface area (Å²) < 4.78 is 0. The fraction of sp³-hybridized carbons (Fsp3) is 0.875. The van der Waals surface area contributed by atoms with Gasteiger partial charge in [-0.15, -0.1) is 0 Å². The molecule has 112 valence electrons. The first-order chi connectivity index (χ1) is 9.35. The Bertz CT molecular complexity index is 440. The quantitative estimate of drug-likeness (QED) is 0.792. The second kappa shape index (κ2) is 4.47. The molecule has 0 aromatic rings. The molecule has 3 rings (SSSR count). The molecule has 4 heteroatoms. The average molecular weight is 278 g/mol. The first kappa shape index (κ1) is 13.9. The molecular formula is C16H26N2O2. The first-order valence-corrected chi connectivity index (χ1v) is 7.99. The van der Waals surface area contributed by atoms with Crippen molar-refractivity contribution < 1.29 is 9.59 Å². The van der Waals surface area contributed by atoms with Crippen LogP contribution in [0, 0.1) is 11.8 Å². The number of rotatable bonds is 3. The van der Waals surface area contributed by atoms with Crippen molar-refractivity contribution in [2.24, 2.45) is 11.8 Å². The van der Waals surface area contributed by atoms with E-state index in [9.17, 15) is 9.59 Å². The summed E-state index contributed by atoms with van der Waals surface area (Å²) >= 11 is 0. The van der Waals surface area contributed by atoms with Crippen LogP contribution in [0.15, 0.2) is 0 Å². The number of amides is 2. The summed E-state index contributed by atoms with van der Waals surface area (Å²) in [6.45, 7) is 9.17. The molecule has 2 aliphatic heterocycles. The fourth-order valence-electron chi connectivity index (χ4n) is 4.08. The van der Waals surface area contributed by atoms with Gasteiger partial charge in [-0.3, -0.25) is 9.59 Å². The van der Waals surface area contributed by atoms with Gasteiger partial charge in [0, 0.05) is 12.1 Å². The predicted octanol–water partition coefficient (Wildman–Crippen LogP) is 2.03. The zero-order chi connectivity index (χ0) is 14.7. The number of piperazine rings is 1. The Balaban J connectivity index is 1.99. The van der Waals surface area contributed by atoms with E-state index in [1.807, 2.05) is 9.80 Å². The average Bonchev–Trinajstić information content (AvgIpc) is 3.11. The lowest BCUT2D eigenvalue weighted by Gasteiger charge is -2.51. The van der Waals surface area contributed by atoms with Crippen molar-refractivity contribution in [2.45, 2.75) is 71.0 Å². The van der Waals surface area contributed by atoms with Crippen LogP contribution in [0.1, 0.15) is 53.4 Å². The van der Waals surface area contributed by atoms with Crippen LogP contribution in [-0.4, -0.2) is 45.8 Å². The summed E-state index contributed by atoms with van der Waals surface area (Å²) in [5.41, 5.74) is -0.184. The zero-order valence-corrected chi connectivity index (χ0v) is 13.1. The van der Waals surface area contributed by atoms with E-state index in [2.05, 4.69) is 27.7 Å². The van der Waals surface area contributed by atoms with Crippen molar-refractivity contribution in [1.29, 1.82) is 0 Å². The van der Waals surface area contributed by atoms with Gasteiger partial charge in [-0.25, -0.2) is 0 Å². The molecule has 20 heavy (non-hydrogen) atoms. The lowest BCUT2D eigenvalue weighted by Crippen LogP contribution is -2.69. The Morgan fingerprint density at radius 2 is 1.75 bits per heavy atom. The van der Waals surface area contributed by atoms with E-state index in [1.165, 1.54) is 12.8 Å². The minimum Gasteiger partial charge on any atom is -0.329 e. The minimum absolute atomic E-state index is 0.172. The van der Waals surface area contributed by atoms with E-state index in [-0.39, 0.29) is 35.4 Å². The maximum atomic E-state index is 13.0. The molecule has 0 aromatic carbocycles. The van der Waals surface area contributed by atoms with Crippen LogP contribution < -0.4 is 0 Å². The Kier molecular flexibility index (Phi) is 3.11. The molecule has 2 unspecified atom stereocenters. The number of hydrogen-bond acceptors (Lipinski definition) is 2. The van der Waals surface area contributed by atoms with Crippen LogP contribution in [0.3, 0.4) is 0 Å². The van der Waals surface area contributed by atoms with Crippen LogP contribution in [0.2, 0.25) is 0 Å². The molecule has 3 aliphatic rings. The number of nitrogens with zero attached hydrogens (tertiary/aromatic N) is 2. The summed E-state index contributed by atoms with van der Waals surface area (Å²) in [5, 5.41) is 0. The highest BCUT2D eigenvalue weighted by atomic mass is 16.2. The molecule has 4 nitrogen and oxygen atoms in total. The van der Waals surface area contributed by atoms with Crippen molar-refractivity contribution >= 4 is 11.8 Å². The van der Waals surface area contributed by atoms with Crippen LogP contribution in [-0.2, 0) is 9.59 Å². The molecule has 0 spiro atoms. The minimum atomic E-state index is -0.271. The number of fused-ring (bicyclic) bond motifs is 1. The number of carbonyl (C=O) groups excluding carboxylic acids is 2. The van der Waals surface area contributed by atoms with Crippen LogP contribution in [0.5, 0.6) is 0 Å². The van der Waals surface area contributed by atoms with Gasteiger partial charge in [0.2, 0.25) is 11.8 Å². The molecule has 3 fully saturated rings. The molecule has 0 N–H and O–H groups in total. The molecule has 0 aromatic heterocycles. The normalized spacial score (nSPS) is 31.2. The van der Waals surface area contributed by atoms with E-state index in [0.717, 1.165) is 19.4 Å². The lowest BCUT2D eigenvalue weighted by molar-refractivity contribution is -0.169. The van der Waals surface area contributed by atoms with Crippen molar-refractivity contribution in [2.75, 3.05) is 6.54 Å². The molecule has 2 saturated heterocycles.